The minimum Gasteiger partial charge on any atom is -0.366 e. The highest BCUT2D eigenvalue weighted by molar-refractivity contribution is 6.35. The third kappa shape index (κ3) is 2.89. The molecule has 2 nitrogen and oxygen atoms in total. The van der Waals surface area contributed by atoms with Crippen molar-refractivity contribution in [1.82, 2.24) is 4.90 Å². The molecule has 0 radical (unpaired) electrons. The van der Waals surface area contributed by atoms with Crippen LogP contribution in [0.1, 0.15) is 5.56 Å². The maximum absolute atomic E-state index is 7.67. The quantitative estimate of drug-likeness (QED) is 0.614. The van der Waals surface area contributed by atoms with Crippen LogP contribution in [0.3, 0.4) is 0 Å². The van der Waals surface area contributed by atoms with Crippen LogP contribution in [0.25, 0.3) is 0 Å². The maximum atomic E-state index is 7.67. The zero-order valence-corrected chi connectivity index (χ0v) is 9.65. The van der Waals surface area contributed by atoms with E-state index in [4.69, 9.17) is 28.6 Å². The molecule has 0 aliphatic carbocycles. The number of amidine groups is 1. The van der Waals surface area contributed by atoms with Crippen LogP contribution in [-0.2, 0) is 6.42 Å². The van der Waals surface area contributed by atoms with Gasteiger partial charge in [-0.2, -0.15) is 0 Å². The van der Waals surface area contributed by atoms with Crippen LogP contribution in [0.15, 0.2) is 18.2 Å². The first-order chi connectivity index (χ1) is 6.50. The zero-order chi connectivity index (χ0) is 10.7. The molecule has 0 atom stereocenters. The van der Waals surface area contributed by atoms with Crippen molar-refractivity contribution in [2.24, 2.45) is 0 Å². The minimum absolute atomic E-state index is 0.522. The Morgan fingerprint density at radius 3 is 2.50 bits per heavy atom. The highest BCUT2D eigenvalue weighted by Gasteiger charge is 2.05. The molecule has 1 aromatic rings. The van der Waals surface area contributed by atoms with Gasteiger partial charge in [-0.15, -0.1) is 0 Å². The summed E-state index contributed by atoms with van der Waals surface area (Å²) in [4.78, 5) is 1.75. The molecule has 0 aromatic heterocycles. The van der Waals surface area contributed by atoms with Crippen LogP contribution in [0, 0.1) is 5.41 Å². The molecule has 76 valence electrons. The second kappa shape index (κ2) is 4.67. The second-order valence-electron chi connectivity index (χ2n) is 3.25. The van der Waals surface area contributed by atoms with Crippen molar-refractivity contribution in [3.8, 4) is 0 Å². The lowest BCUT2D eigenvalue weighted by Crippen LogP contribution is -2.22. The van der Waals surface area contributed by atoms with Gasteiger partial charge in [0.1, 0.15) is 0 Å². The molecule has 0 aliphatic rings. The molecule has 0 fully saturated rings. The van der Waals surface area contributed by atoms with E-state index in [1.54, 1.807) is 17.0 Å². The summed E-state index contributed by atoms with van der Waals surface area (Å²) in [6, 6.07) is 5.33. The summed E-state index contributed by atoms with van der Waals surface area (Å²) in [5, 5.41) is 8.90. The summed E-state index contributed by atoms with van der Waals surface area (Å²) in [7, 11) is 3.68. The molecule has 14 heavy (non-hydrogen) atoms. The molecule has 0 saturated carbocycles. The van der Waals surface area contributed by atoms with Gasteiger partial charge in [-0.1, -0.05) is 29.3 Å². The van der Waals surface area contributed by atoms with Gasteiger partial charge in [-0.25, -0.2) is 0 Å². The van der Waals surface area contributed by atoms with Gasteiger partial charge in [-0.05, 0) is 17.7 Å². The minimum atomic E-state index is 0.522. The van der Waals surface area contributed by atoms with Gasteiger partial charge >= 0.3 is 0 Å². The van der Waals surface area contributed by atoms with Crippen LogP contribution >= 0.6 is 23.2 Å². The van der Waals surface area contributed by atoms with E-state index in [2.05, 4.69) is 0 Å². The summed E-state index contributed by atoms with van der Waals surface area (Å²) in [5.74, 6) is 0.522. The normalized spacial score (nSPS) is 10.0. The number of nitrogens with one attached hydrogen (secondary N) is 1. The Bertz CT molecular complexity index is 348. The van der Waals surface area contributed by atoms with Gasteiger partial charge in [0, 0.05) is 30.6 Å². The Kier molecular flexibility index (Phi) is 3.78. The van der Waals surface area contributed by atoms with E-state index in [-0.39, 0.29) is 0 Å². The maximum Gasteiger partial charge on any atom is 0.0997 e. The van der Waals surface area contributed by atoms with Gasteiger partial charge < -0.3 is 4.90 Å². The Morgan fingerprint density at radius 2 is 2.00 bits per heavy atom. The summed E-state index contributed by atoms with van der Waals surface area (Å²) in [6.07, 6.45) is 0.531. The summed E-state index contributed by atoms with van der Waals surface area (Å²) >= 11 is 11.7. The summed E-state index contributed by atoms with van der Waals surface area (Å²) in [5.41, 5.74) is 0.926. The van der Waals surface area contributed by atoms with Crippen LogP contribution in [0.2, 0.25) is 10.0 Å². The average Bonchev–Trinajstić information content (AvgIpc) is 2.09. The molecule has 0 aliphatic heterocycles. The highest BCUT2D eigenvalue weighted by Crippen LogP contribution is 2.21. The van der Waals surface area contributed by atoms with Gasteiger partial charge in [0.2, 0.25) is 0 Å². The van der Waals surface area contributed by atoms with Crippen molar-refractivity contribution in [2.75, 3.05) is 14.1 Å². The summed E-state index contributed by atoms with van der Waals surface area (Å²) < 4.78 is 0. The van der Waals surface area contributed by atoms with Crippen molar-refractivity contribution in [3.05, 3.63) is 33.8 Å². The molecule has 1 aromatic carbocycles. The Morgan fingerprint density at radius 1 is 1.36 bits per heavy atom. The SMILES string of the molecule is CN(C)C(=N)Cc1ccc(Cl)cc1Cl. The summed E-state index contributed by atoms with van der Waals surface area (Å²) in [6.45, 7) is 0. The van der Waals surface area contributed by atoms with E-state index < -0.39 is 0 Å². The third-order valence-corrected chi connectivity index (χ3v) is 2.50. The van der Waals surface area contributed by atoms with Gasteiger partial charge in [0.05, 0.1) is 5.84 Å². The Hall–Kier alpha value is -0.730. The van der Waals surface area contributed by atoms with E-state index in [0.717, 1.165) is 5.56 Å². The van der Waals surface area contributed by atoms with Crippen molar-refractivity contribution in [2.45, 2.75) is 6.42 Å². The molecule has 0 saturated heterocycles. The molecular formula is C10H12Cl2N2. The van der Waals surface area contributed by atoms with E-state index in [1.807, 2.05) is 20.2 Å². The van der Waals surface area contributed by atoms with Crippen LogP contribution in [-0.4, -0.2) is 24.8 Å². The van der Waals surface area contributed by atoms with E-state index in [1.165, 1.54) is 0 Å². The largest absolute Gasteiger partial charge is 0.366 e. The number of rotatable bonds is 2. The van der Waals surface area contributed by atoms with Gasteiger partial charge in [0.15, 0.2) is 0 Å². The second-order valence-corrected chi connectivity index (χ2v) is 4.10. The topological polar surface area (TPSA) is 27.1 Å². The smallest absolute Gasteiger partial charge is 0.0997 e. The molecule has 1 N–H and O–H groups in total. The van der Waals surface area contributed by atoms with E-state index >= 15 is 0 Å². The fraction of sp³-hybridized carbons (Fsp3) is 0.300. The fourth-order valence-electron chi connectivity index (χ4n) is 1.00. The van der Waals surface area contributed by atoms with Crippen LogP contribution in [0.5, 0.6) is 0 Å². The van der Waals surface area contributed by atoms with Crippen molar-refractivity contribution in [3.63, 3.8) is 0 Å². The molecule has 0 heterocycles. The number of likely N-dealkylation sites (N-methyl/N-ethyl adjacent to an activating group) is 1. The zero-order valence-electron chi connectivity index (χ0n) is 8.14. The molecule has 0 unspecified atom stereocenters. The predicted molar refractivity (Wildman–Crippen MR) is 61.6 cm³/mol. The number of hydrogen-bond acceptors (Lipinski definition) is 1. The van der Waals surface area contributed by atoms with Gasteiger partial charge in [-0.3, -0.25) is 5.41 Å². The average molecular weight is 231 g/mol. The van der Waals surface area contributed by atoms with Gasteiger partial charge in [0.25, 0.3) is 0 Å². The standard InChI is InChI=1S/C10H12Cl2N2/c1-14(2)10(13)5-7-3-4-8(11)6-9(7)12/h3-4,6,13H,5H2,1-2H3. The van der Waals surface area contributed by atoms with Crippen LogP contribution < -0.4 is 0 Å². The highest BCUT2D eigenvalue weighted by atomic mass is 35.5. The number of hydrogen-bond donors (Lipinski definition) is 1. The van der Waals surface area contributed by atoms with Crippen molar-refractivity contribution < 1.29 is 0 Å². The molecule has 1 rings (SSSR count). The lowest BCUT2D eigenvalue weighted by molar-refractivity contribution is 0.605. The third-order valence-electron chi connectivity index (χ3n) is 1.91. The molecular weight excluding hydrogens is 219 g/mol. The lowest BCUT2D eigenvalue weighted by Gasteiger charge is -2.14. The van der Waals surface area contributed by atoms with Crippen LogP contribution in [0.4, 0.5) is 0 Å². The first kappa shape index (κ1) is 11.3. The Labute approximate surface area is 93.9 Å². The number of nitrogens with zero attached hydrogens (tertiary/aromatic N) is 1. The fourth-order valence-corrected chi connectivity index (χ4v) is 1.48. The van der Waals surface area contributed by atoms with Crippen molar-refractivity contribution >= 4 is 29.0 Å². The number of halogens is 2. The van der Waals surface area contributed by atoms with Crippen molar-refractivity contribution in [1.29, 1.82) is 5.41 Å². The monoisotopic (exact) mass is 230 g/mol. The van der Waals surface area contributed by atoms with E-state index in [9.17, 15) is 0 Å². The van der Waals surface area contributed by atoms with E-state index in [0.29, 0.717) is 22.3 Å². The lowest BCUT2D eigenvalue weighted by atomic mass is 10.1. The Balaban J connectivity index is 2.82. The molecule has 0 amide bonds. The molecule has 0 bridgehead atoms. The predicted octanol–water partition coefficient (Wildman–Crippen LogP) is 3.07. The first-order valence-electron chi connectivity index (χ1n) is 4.19. The first-order valence-corrected chi connectivity index (χ1v) is 4.95. The molecule has 4 heteroatoms. The molecule has 0 spiro atoms. The number of benzene rings is 1.